The molecule has 114 valence electrons. The van der Waals surface area contributed by atoms with Crippen molar-refractivity contribution >= 4 is 23.3 Å². The van der Waals surface area contributed by atoms with Crippen LogP contribution < -0.4 is 16.0 Å². The Morgan fingerprint density at radius 3 is 2.32 bits per heavy atom. The Balaban J connectivity index is 1.94. The molecule has 1 heterocycles. The van der Waals surface area contributed by atoms with Crippen molar-refractivity contribution in [3.63, 3.8) is 0 Å². The molecule has 3 amide bonds. The van der Waals surface area contributed by atoms with Crippen molar-refractivity contribution in [2.45, 2.75) is 6.92 Å². The highest BCUT2D eigenvalue weighted by Crippen LogP contribution is 2.16. The van der Waals surface area contributed by atoms with Crippen LogP contribution in [0.15, 0.2) is 53.7 Å². The van der Waals surface area contributed by atoms with Gasteiger partial charge >= 0.3 is 6.03 Å². The fourth-order valence-electron chi connectivity index (χ4n) is 1.80. The van der Waals surface area contributed by atoms with E-state index in [1.807, 2.05) is 0 Å². The lowest BCUT2D eigenvalue weighted by Gasteiger charge is -2.08. The lowest BCUT2D eigenvalue weighted by Crippen LogP contribution is -2.28. The molecule has 0 bridgehead atoms. The van der Waals surface area contributed by atoms with Gasteiger partial charge in [0.05, 0.1) is 11.8 Å². The van der Waals surface area contributed by atoms with Crippen LogP contribution in [0, 0.1) is 6.92 Å². The molecule has 6 heteroatoms. The van der Waals surface area contributed by atoms with Crippen LogP contribution in [0.1, 0.15) is 16.1 Å². The summed E-state index contributed by atoms with van der Waals surface area (Å²) in [6.45, 7) is 5.64. The van der Waals surface area contributed by atoms with E-state index in [9.17, 15) is 9.59 Å². The van der Waals surface area contributed by atoms with Crippen LogP contribution in [0.25, 0.3) is 0 Å². The van der Waals surface area contributed by atoms with Crippen molar-refractivity contribution in [1.29, 1.82) is 0 Å². The summed E-state index contributed by atoms with van der Waals surface area (Å²) in [5.74, 6) is 0.324. The Morgan fingerprint density at radius 2 is 1.77 bits per heavy atom. The van der Waals surface area contributed by atoms with Gasteiger partial charge < -0.3 is 20.4 Å². The number of furan rings is 1. The maximum atomic E-state index is 12.0. The Morgan fingerprint density at radius 1 is 1.14 bits per heavy atom. The summed E-state index contributed by atoms with van der Waals surface area (Å²) in [6, 6.07) is 8.11. The van der Waals surface area contributed by atoms with E-state index in [1.54, 1.807) is 43.3 Å². The molecule has 1 aromatic carbocycles. The van der Waals surface area contributed by atoms with E-state index in [0.717, 1.165) is 0 Å². The summed E-state index contributed by atoms with van der Waals surface area (Å²) >= 11 is 0. The van der Waals surface area contributed by atoms with Crippen molar-refractivity contribution in [2.75, 3.05) is 17.2 Å². The number of carbonyl (C=O) groups is 2. The number of hydrogen-bond acceptors (Lipinski definition) is 3. The number of anilines is 2. The summed E-state index contributed by atoms with van der Waals surface area (Å²) in [6.07, 6.45) is 3.06. The van der Waals surface area contributed by atoms with Crippen LogP contribution in [0.5, 0.6) is 0 Å². The lowest BCUT2D eigenvalue weighted by molar-refractivity contribution is 0.102. The maximum Gasteiger partial charge on any atom is 0.319 e. The molecule has 0 unspecified atom stereocenters. The normalized spacial score (nSPS) is 9.86. The molecule has 0 spiro atoms. The monoisotopic (exact) mass is 299 g/mol. The van der Waals surface area contributed by atoms with Crippen LogP contribution in [-0.4, -0.2) is 18.5 Å². The number of amides is 3. The van der Waals surface area contributed by atoms with Crippen LogP contribution in [0.4, 0.5) is 16.2 Å². The number of benzene rings is 1. The van der Waals surface area contributed by atoms with Gasteiger partial charge in [0.15, 0.2) is 0 Å². The Kier molecular flexibility index (Phi) is 4.98. The van der Waals surface area contributed by atoms with E-state index in [1.165, 1.54) is 6.26 Å². The van der Waals surface area contributed by atoms with Crippen molar-refractivity contribution in [2.24, 2.45) is 0 Å². The molecule has 6 nitrogen and oxygen atoms in total. The zero-order chi connectivity index (χ0) is 15.9. The molecule has 0 aliphatic heterocycles. The van der Waals surface area contributed by atoms with Gasteiger partial charge in [-0.25, -0.2) is 4.79 Å². The molecular weight excluding hydrogens is 282 g/mol. The van der Waals surface area contributed by atoms with Crippen molar-refractivity contribution in [3.8, 4) is 0 Å². The van der Waals surface area contributed by atoms with E-state index >= 15 is 0 Å². The molecule has 22 heavy (non-hydrogen) atoms. The number of hydrogen-bond donors (Lipinski definition) is 3. The first-order chi connectivity index (χ1) is 10.6. The molecule has 3 N–H and O–H groups in total. The molecule has 0 saturated carbocycles. The number of urea groups is 1. The van der Waals surface area contributed by atoms with Gasteiger partial charge in [-0.3, -0.25) is 4.79 Å². The predicted octanol–water partition coefficient (Wildman–Crippen LogP) is 3.15. The van der Waals surface area contributed by atoms with E-state index in [2.05, 4.69) is 22.5 Å². The number of carbonyl (C=O) groups excluding carboxylic acids is 2. The van der Waals surface area contributed by atoms with Crippen LogP contribution in [0.2, 0.25) is 0 Å². The molecule has 0 atom stereocenters. The van der Waals surface area contributed by atoms with Gasteiger partial charge in [0, 0.05) is 17.9 Å². The fourth-order valence-corrected chi connectivity index (χ4v) is 1.80. The molecule has 0 fully saturated rings. The topological polar surface area (TPSA) is 83.4 Å². The highest BCUT2D eigenvalue weighted by molar-refractivity contribution is 6.05. The Labute approximate surface area is 128 Å². The lowest BCUT2D eigenvalue weighted by atomic mass is 10.2. The third kappa shape index (κ3) is 3.99. The predicted molar refractivity (Wildman–Crippen MR) is 85.1 cm³/mol. The molecule has 1 aromatic heterocycles. The van der Waals surface area contributed by atoms with E-state index in [-0.39, 0.29) is 11.9 Å². The zero-order valence-corrected chi connectivity index (χ0v) is 12.2. The molecule has 2 rings (SSSR count). The van der Waals surface area contributed by atoms with Crippen molar-refractivity contribution in [1.82, 2.24) is 5.32 Å². The standard InChI is InChI=1S/C16H17N3O3/c1-3-9-17-16(21)19-13-6-4-12(5-7-13)18-15(20)14-8-10-22-11(14)2/h3-8,10H,1,9H2,2H3,(H,18,20)(H2,17,19,21). The summed E-state index contributed by atoms with van der Waals surface area (Å²) in [7, 11) is 0. The van der Waals surface area contributed by atoms with Gasteiger partial charge in [0.2, 0.25) is 0 Å². The van der Waals surface area contributed by atoms with Gasteiger partial charge in [0.25, 0.3) is 5.91 Å². The average molecular weight is 299 g/mol. The van der Waals surface area contributed by atoms with E-state index in [0.29, 0.717) is 29.2 Å². The quantitative estimate of drug-likeness (QED) is 0.742. The van der Waals surface area contributed by atoms with E-state index in [4.69, 9.17) is 4.42 Å². The van der Waals surface area contributed by atoms with Gasteiger partial charge in [-0.05, 0) is 37.3 Å². The summed E-state index contributed by atoms with van der Waals surface area (Å²) in [4.78, 5) is 23.5. The van der Waals surface area contributed by atoms with Crippen LogP contribution in [0.3, 0.4) is 0 Å². The molecular formula is C16H17N3O3. The van der Waals surface area contributed by atoms with Crippen LogP contribution >= 0.6 is 0 Å². The maximum absolute atomic E-state index is 12.0. The molecule has 0 aliphatic carbocycles. The second kappa shape index (κ2) is 7.12. The first-order valence-electron chi connectivity index (χ1n) is 6.71. The average Bonchev–Trinajstić information content (AvgIpc) is 2.93. The second-order valence-electron chi connectivity index (χ2n) is 4.55. The highest BCUT2D eigenvalue weighted by Gasteiger charge is 2.11. The minimum absolute atomic E-state index is 0.240. The summed E-state index contributed by atoms with van der Waals surface area (Å²) in [5.41, 5.74) is 1.74. The second-order valence-corrected chi connectivity index (χ2v) is 4.55. The largest absolute Gasteiger partial charge is 0.469 e. The molecule has 0 radical (unpaired) electrons. The smallest absolute Gasteiger partial charge is 0.319 e. The zero-order valence-electron chi connectivity index (χ0n) is 12.2. The van der Waals surface area contributed by atoms with Gasteiger partial charge in [-0.2, -0.15) is 0 Å². The van der Waals surface area contributed by atoms with E-state index < -0.39 is 0 Å². The van der Waals surface area contributed by atoms with Crippen molar-refractivity contribution in [3.05, 3.63) is 60.6 Å². The summed E-state index contributed by atoms with van der Waals surface area (Å²) in [5, 5.41) is 8.03. The summed E-state index contributed by atoms with van der Waals surface area (Å²) < 4.78 is 5.10. The third-order valence-electron chi connectivity index (χ3n) is 2.91. The number of aryl methyl sites for hydroxylation is 1. The van der Waals surface area contributed by atoms with Gasteiger partial charge in [-0.1, -0.05) is 6.08 Å². The first kappa shape index (κ1) is 15.4. The number of nitrogens with one attached hydrogen (secondary N) is 3. The number of rotatable bonds is 5. The first-order valence-corrected chi connectivity index (χ1v) is 6.71. The minimum atomic E-state index is -0.314. The van der Waals surface area contributed by atoms with Gasteiger partial charge in [0.1, 0.15) is 5.76 Å². The molecule has 2 aromatic rings. The highest BCUT2D eigenvalue weighted by atomic mass is 16.3. The third-order valence-corrected chi connectivity index (χ3v) is 2.91. The van der Waals surface area contributed by atoms with Crippen molar-refractivity contribution < 1.29 is 14.0 Å². The van der Waals surface area contributed by atoms with Crippen LogP contribution in [-0.2, 0) is 0 Å². The molecule has 0 saturated heterocycles. The minimum Gasteiger partial charge on any atom is -0.469 e. The SMILES string of the molecule is C=CCNC(=O)Nc1ccc(NC(=O)c2ccoc2C)cc1. The fraction of sp³-hybridized carbons (Fsp3) is 0.125. The van der Waals surface area contributed by atoms with Gasteiger partial charge in [-0.15, -0.1) is 6.58 Å². The Bertz CT molecular complexity index is 674. The Hall–Kier alpha value is -3.02. The molecule has 0 aliphatic rings.